The molecule has 0 bridgehead atoms. The van der Waals surface area contributed by atoms with Gasteiger partial charge in [-0.05, 0) is 37.1 Å². The van der Waals surface area contributed by atoms with E-state index in [2.05, 4.69) is 41.9 Å². The van der Waals surface area contributed by atoms with Gasteiger partial charge in [0.15, 0.2) is 0 Å². The molecule has 1 aromatic rings. The largest absolute Gasteiger partial charge is 0.490 e. The van der Waals surface area contributed by atoms with Crippen molar-refractivity contribution >= 4 is 15.9 Å². The van der Waals surface area contributed by atoms with Crippen LogP contribution in [0.1, 0.15) is 24.0 Å². The van der Waals surface area contributed by atoms with Crippen molar-refractivity contribution in [3.63, 3.8) is 0 Å². The Kier molecular flexibility index (Phi) is 3.87. The van der Waals surface area contributed by atoms with Crippen molar-refractivity contribution in [2.45, 2.75) is 32.8 Å². The van der Waals surface area contributed by atoms with Crippen molar-refractivity contribution in [1.29, 1.82) is 0 Å². The second-order valence-corrected chi connectivity index (χ2v) is 5.09. The lowest BCUT2D eigenvalue weighted by molar-refractivity contribution is 0.0255. The van der Waals surface area contributed by atoms with Gasteiger partial charge >= 0.3 is 0 Å². The lowest BCUT2D eigenvalue weighted by Crippen LogP contribution is -2.25. The van der Waals surface area contributed by atoms with E-state index in [1.807, 2.05) is 0 Å². The van der Waals surface area contributed by atoms with Crippen LogP contribution >= 0.6 is 15.9 Å². The minimum Gasteiger partial charge on any atom is -0.490 e. The first-order valence-electron chi connectivity index (χ1n) is 5.68. The van der Waals surface area contributed by atoms with Crippen LogP contribution in [-0.2, 0) is 4.74 Å². The molecule has 0 aliphatic carbocycles. The third kappa shape index (κ3) is 2.77. The van der Waals surface area contributed by atoms with E-state index < -0.39 is 0 Å². The van der Waals surface area contributed by atoms with Crippen LogP contribution in [0.25, 0.3) is 0 Å². The van der Waals surface area contributed by atoms with E-state index in [4.69, 9.17) is 9.47 Å². The molecule has 0 N–H and O–H groups in total. The van der Waals surface area contributed by atoms with Gasteiger partial charge in [0.25, 0.3) is 0 Å². The summed E-state index contributed by atoms with van der Waals surface area (Å²) in [5.74, 6) is 0.977. The van der Waals surface area contributed by atoms with Crippen molar-refractivity contribution in [2.75, 3.05) is 13.2 Å². The summed E-state index contributed by atoms with van der Waals surface area (Å²) in [6, 6.07) is 4.18. The number of benzene rings is 1. The lowest BCUT2D eigenvalue weighted by Gasteiger charge is -2.23. The molecule has 2 rings (SSSR count). The van der Waals surface area contributed by atoms with E-state index in [1.54, 1.807) is 0 Å². The molecule has 1 aromatic carbocycles. The van der Waals surface area contributed by atoms with Crippen molar-refractivity contribution in [3.05, 3.63) is 27.7 Å². The number of hydrogen-bond acceptors (Lipinski definition) is 2. The molecular weight excluding hydrogens is 268 g/mol. The van der Waals surface area contributed by atoms with Crippen LogP contribution in [0.5, 0.6) is 5.75 Å². The van der Waals surface area contributed by atoms with E-state index in [9.17, 15) is 0 Å². The predicted molar refractivity (Wildman–Crippen MR) is 68.1 cm³/mol. The zero-order valence-corrected chi connectivity index (χ0v) is 11.3. The minimum absolute atomic E-state index is 0.314. The Labute approximate surface area is 105 Å². The molecule has 16 heavy (non-hydrogen) atoms. The molecule has 1 fully saturated rings. The first kappa shape index (κ1) is 11.9. The first-order valence-corrected chi connectivity index (χ1v) is 6.47. The van der Waals surface area contributed by atoms with Gasteiger partial charge in [-0.25, -0.2) is 0 Å². The predicted octanol–water partition coefficient (Wildman–Crippen LogP) is 3.62. The summed E-state index contributed by atoms with van der Waals surface area (Å²) in [5.41, 5.74) is 2.45. The van der Waals surface area contributed by atoms with E-state index in [0.29, 0.717) is 6.10 Å². The Balaban J connectivity index is 2.09. The van der Waals surface area contributed by atoms with Crippen molar-refractivity contribution in [1.82, 2.24) is 0 Å². The third-order valence-corrected chi connectivity index (χ3v) is 4.13. The molecule has 2 nitrogen and oxygen atoms in total. The van der Waals surface area contributed by atoms with Gasteiger partial charge in [0, 0.05) is 17.3 Å². The minimum atomic E-state index is 0.314. The van der Waals surface area contributed by atoms with Gasteiger partial charge < -0.3 is 9.47 Å². The first-order chi connectivity index (χ1) is 7.66. The van der Waals surface area contributed by atoms with Crippen LogP contribution in [0.2, 0.25) is 0 Å². The van der Waals surface area contributed by atoms with Crippen LogP contribution in [0, 0.1) is 13.8 Å². The maximum absolute atomic E-state index is 5.97. The van der Waals surface area contributed by atoms with Crippen molar-refractivity contribution < 1.29 is 9.47 Å². The zero-order chi connectivity index (χ0) is 11.5. The fraction of sp³-hybridized carbons (Fsp3) is 0.538. The molecule has 1 aliphatic heterocycles. The average molecular weight is 285 g/mol. The van der Waals surface area contributed by atoms with Crippen molar-refractivity contribution in [3.8, 4) is 5.75 Å². The Hall–Kier alpha value is -0.540. The average Bonchev–Trinajstić information content (AvgIpc) is 2.27. The van der Waals surface area contributed by atoms with Gasteiger partial charge in [-0.2, -0.15) is 0 Å². The fourth-order valence-corrected chi connectivity index (χ4v) is 2.19. The summed E-state index contributed by atoms with van der Waals surface area (Å²) in [5, 5.41) is 0. The molecular formula is C13H17BrO2. The molecule has 1 aliphatic rings. The van der Waals surface area contributed by atoms with Gasteiger partial charge in [-0.15, -0.1) is 0 Å². The van der Waals surface area contributed by atoms with Crippen molar-refractivity contribution in [2.24, 2.45) is 0 Å². The Morgan fingerprint density at radius 1 is 1.19 bits per heavy atom. The molecule has 3 heteroatoms. The molecule has 0 amide bonds. The molecule has 0 spiro atoms. The lowest BCUT2D eigenvalue weighted by atomic mass is 10.1. The quantitative estimate of drug-likeness (QED) is 0.826. The Morgan fingerprint density at radius 2 is 1.75 bits per heavy atom. The number of hydrogen-bond donors (Lipinski definition) is 0. The molecule has 1 heterocycles. The number of rotatable bonds is 2. The molecule has 0 radical (unpaired) electrons. The number of ether oxygens (including phenoxy) is 2. The topological polar surface area (TPSA) is 18.5 Å². The Morgan fingerprint density at radius 3 is 2.31 bits per heavy atom. The van der Waals surface area contributed by atoms with E-state index in [0.717, 1.165) is 31.8 Å². The summed E-state index contributed by atoms with van der Waals surface area (Å²) in [4.78, 5) is 0. The molecule has 0 aromatic heterocycles. The zero-order valence-electron chi connectivity index (χ0n) is 9.75. The van der Waals surface area contributed by atoms with Crippen LogP contribution < -0.4 is 4.74 Å². The highest BCUT2D eigenvalue weighted by atomic mass is 79.9. The van der Waals surface area contributed by atoms with E-state index in [-0.39, 0.29) is 0 Å². The smallest absolute Gasteiger partial charge is 0.120 e. The molecule has 0 unspecified atom stereocenters. The summed E-state index contributed by atoms with van der Waals surface area (Å²) in [6.45, 7) is 5.82. The highest BCUT2D eigenvalue weighted by Crippen LogP contribution is 2.27. The second-order valence-electron chi connectivity index (χ2n) is 4.30. The molecule has 0 saturated carbocycles. The number of aryl methyl sites for hydroxylation is 2. The van der Waals surface area contributed by atoms with Gasteiger partial charge in [0.1, 0.15) is 11.9 Å². The maximum atomic E-state index is 5.97. The van der Waals surface area contributed by atoms with Crippen LogP contribution in [0.15, 0.2) is 16.6 Å². The number of halogens is 1. The van der Waals surface area contributed by atoms with E-state index in [1.165, 1.54) is 15.6 Å². The van der Waals surface area contributed by atoms with E-state index >= 15 is 0 Å². The Bertz CT molecular complexity index is 347. The molecule has 0 atom stereocenters. The monoisotopic (exact) mass is 284 g/mol. The van der Waals surface area contributed by atoms with Crippen LogP contribution in [0.4, 0.5) is 0 Å². The SMILES string of the molecule is Cc1cc(OC2CCOCC2)cc(C)c1Br. The van der Waals surface area contributed by atoms with Gasteiger partial charge in [-0.1, -0.05) is 15.9 Å². The summed E-state index contributed by atoms with van der Waals surface area (Å²) < 4.78 is 12.5. The fourth-order valence-electron chi connectivity index (χ4n) is 1.96. The van der Waals surface area contributed by atoms with Crippen LogP contribution in [-0.4, -0.2) is 19.3 Å². The normalized spacial score (nSPS) is 17.4. The standard InChI is InChI=1S/C13H17BrO2/c1-9-7-12(8-10(2)13(9)14)16-11-3-5-15-6-4-11/h7-8,11H,3-6H2,1-2H3. The van der Waals surface area contributed by atoms with Gasteiger partial charge in [-0.3, -0.25) is 0 Å². The van der Waals surface area contributed by atoms with Gasteiger partial charge in [0.05, 0.1) is 13.2 Å². The summed E-state index contributed by atoms with van der Waals surface area (Å²) >= 11 is 3.56. The van der Waals surface area contributed by atoms with Crippen LogP contribution in [0.3, 0.4) is 0 Å². The summed E-state index contributed by atoms with van der Waals surface area (Å²) in [7, 11) is 0. The van der Waals surface area contributed by atoms with Gasteiger partial charge in [0.2, 0.25) is 0 Å². The molecule has 1 saturated heterocycles. The highest BCUT2D eigenvalue weighted by Gasteiger charge is 2.15. The summed E-state index contributed by atoms with van der Waals surface area (Å²) in [6.07, 6.45) is 2.30. The molecule has 88 valence electrons. The highest BCUT2D eigenvalue weighted by molar-refractivity contribution is 9.10. The third-order valence-electron chi connectivity index (χ3n) is 2.88. The second kappa shape index (κ2) is 5.19. The maximum Gasteiger partial charge on any atom is 0.120 e.